The molecule has 0 unspecified atom stereocenters. The number of aliphatic hydroxyl groups is 1. The van der Waals surface area contributed by atoms with E-state index in [4.69, 9.17) is 4.42 Å². The number of hydrogen-bond donors (Lipinski definition) is 1. The molecule has 8 heteroatoms. The summed E-state index contributed by atoms with van der Waals surface area (Å²) in [6.45, 7) is 21.1. The number of aromatic nitrogens is 1. The van der Waals surface area contributed by atoms with Gasteiger partial charge < -0.3 is 9.52 Å². The molecule has 55 heavy (non-hydrogen) atoms. The molecule has 0 aliphatic carbocycles. The van der Waals surface area contributed by atoms with E-state index < -0.39 is 11.6 Å². The predicted molar refractivity (Wildman–Crippen MR) is 217 cm³/mol. The number of alkyl halides is 3. The first-order valence-corrected chi connectivity index (χ1v) is 19.1. The van der Waals surface area contributed by atoms with E-state index in [1.54, 1.807) is 18.3 Å². The van der Waals surface area contributed by atoms with Gasteiger partial charge in [0.25, 0.3) is 0 Å². The summed E-state index contributed by atoms with van der Waals surface area (Å²) >= 11 is 0. The van der Waals surface area contributed by atoms with E-state index in [1.807, 2.05) is 77.9 Å². The van der Waals surface area contributed by atoms with Crippen molar-refractivity contribution in [2.75, 3.05) is 0 Å². The van der Waals surface area contributed by atoms with Crippen molar-refractivity contribution in [3.05, 3.63) is 102 Å². The summed E-state index contributed by atoms with van der Waals surface area (Å²) in [4.78, 5) is 16.8. The normalized spacial score (nSPS) is 13.0. The van der Waals surface area contributed by atoms with Crippen LogP contribution in [0.25, 0.3) is 44.3 Å². The van der Waals surface area contributed by atoms with Crippen LogP contribution in [-0.2, 0) is 36.7 Å². The molecule has 0 bridgehead atoms. The summed E-state index contributed by atoms with van der Waals surface area (Å²) in [6.07, 6.45) is 2.17. The fourth-order valence-electron chi connectivity index (χ4n) is 6.36. The monoisotopic (exact) mass is 933 g/mol. The van der Waals surface area contributed by atoms with Gasteiger partial charge >= 0.3 is 6.18 Å². The number of hydrogen-bond acceptors (Lipinski definition) is 4. The Kier molecular flexibility index (Phi) is 14.6. The maximum Gasteiger partial charge on any atom is 0.394 e. The fourth-order valence-corrected chi connectivity index (χ4v) is 6.36. The zero-order chi connectivity index (χ0) is 40.3. The van der Waals surface area contributed by atoms with Gasteiger partial charge in [-0.15, -0.1) is 29.1 Å². The van der Waals surface area contributed by atoms with E-state index in [0.29, 0.717) is 22.6 Å². The second-order valence-electron chi connectivity index (χ2n) is 16.8. The maximum absolute atomic E-state index is 13.3. The van der Waals surface area contributed by atoms with Crippen LogP contribution in [0, 0.1) is 22.3 Å². The second kappa shape index (κ2) is 17.6. The third kappa shape index (κ3) is 10.2. The van der Waals surface area contributed by atoms with Crippen molar-refractivity contribution in [3.8, 4) is 22.6 Å². The zero-order valence-electron chi connectivity index (χ0n) is 34.2. The summed E-state index contributed by atoms with van der Waals surface area (Å²) in [5.74, 6) is 0.927. The summed E-state index contributed by atoms with van der Waals surface area (Å²) in [5, 5.41) is 13.2. The van der Waals surface area contributed by atoms with Crippen LogP contribution in [0.2, 0.25) is 0 Å². The Morgan fingerprint density at radius 2 is 1.40 bits per heavy atom. The molecule has 0 aliphatic rings. The number of fused-ring (bicyclic) bond motifs is 2. The Hall–Kier alpha value is -3.74. The Bertz CT molecular complexity index is 2090. The zero-order valence-corrected chi connectivity index (χ0v) is 36.6. The Morgan fingerprint density at radius 3 is 1.95 bits per heavy atom. The molecule has 2 aromatic heterocycles. The van der Waals surface area contributed by atoms with E-state index in [9.17, 15) is 23.1 Å². The Labute approximate surface area is 339 Å². The first-order chi connectivity index (χ1) is 25.1. The van der Waals surface area contributed by atoms with Gasteiger partial charge in [0, 0.05) is 59.9 Å². The summed E-state index contributed by atoms with van der Waals surface area (Å²) in [7, 11) is 0. The van der Waals surface area contributed by atoms with Crippen LogP contribution in [0.3, 0.4) is 0 Å². The SMILES string of the molecule is CC(C)(C)c1cc(-c2nccc3cc(-c4ccc(CC(C)(C)C(F)(F)F)cc4)oc23)[c-]c2ccccc12.CCC(C)(CC)C(=O)/C=C(\O)C(C)(CC)CC.[Ir]. The number of ketones is 1. The Balaban J connectivity index is 0.000000385. The van der Waals surface area contributed by atoms with Crippen LogP contribution in [0.15, 0.2) is 89.2 Å². The number of furan rings is 1. The summed E-state index contributed by atoms with van der Waals surface area (Å²) in [5.41, 5.74) is 2.40. The molecule has 3 aromatic carbocycles. The molecular weight excluding hydrogens is 876 g/mol. The van der Waals surface area contributed by atoms with Gasteiger partial charge in [-0.3, -0.25) is 9.78 Å². The van der Waals surface area contributed by atoms with Gasteiger partial charge in [0.2, 0.25) is 0 Å². The number of allylic oxidation sites excluding steroid dienone is 2. The van der Waals surface area contributed by atoms with Crippen molar-refractivity contribution >= 4 is 27.5 Å². The first kappa shape index (κ1) is 45.6. The number of carbonyl (C=O) groups excluding carboxylic acids is 1. The number of nitrogens with zero attached hydrogens (tertiary/aromatic N) is 1. The van der Waals surface area contributed by atoms with E-state index in [-0.39, 0.29) is 54.3 Å². The molecule has 0 saturated carbocycles. The third-order valence-corrected chi connectivity index (χ3v) is 11.5. The van der Waals surface area contributed by atoms with Crippen molar-refractivity contribution in [2.45, 2.75) is 120 Å². The van der Waals surface area contributed by atoms with Crippen LogP contribution in [0.4, 0.5) is 13.2 Å². The average Bonchev–Trinajstić information content (AvgIpc) is 3.58. The van der Waals surface area contributed by atoms with Crippen molar-refractivity contribution in [2.24, 2.45) is 16.2 Å². The van der Waals surface area contributed by atoms with Gasteiger partial charge in [0.1, 0.15) is 17.1 Å². The molecule has 2 heterocycles. The molecule has 1 N–H and O–H groups in total. The van der Waals surface area contributed by atoms with Crippen molar-refractivity contribution in [1.29, 1.82) is 0 Å². The number of aliphatic hydroxyl groups excluding tert-OH is 1. The van der Waals surface area contributed by atoms with Gasteiger partial charge in [-0.05, 0) is 55.2 Å². The molecule has 0 spiro atoms. The van der Waals surface area contributed by atoms with Gasteiger partial charge in [0.15, 0.2) is 5.78 Å². The van der Waals surface area contributed by atoms with Crippen molar-refractivity contribution in [3.63, 3.8) is 0 Å². The van der Waals surface area contributed by atoms with Gasteiger partial charge in [-0.25, -0.2) is 0 Å². The number of carbonyl (C=O) groups is 1. The molecule has 0 saturated heterocycles. The molecule has 1 radical (unpaired) electrons. The largest absolute Gasteiger partial charge is 0.512 e. The number of pyridine rings is 1. The minimum atomic E-state index is -4.26. The smallest absolute Gasteiger partial charge is 0.394 e. The molecule has 5 rings (SSSR count). The fraction of sp³-hybridized carbons (Fsp3) is 0.447. The number of halogens is 3. The quantitative estimate of drug-likeness (QED) is 0.0814. The van der Waals surface area contributed by atoms with Crippen molar-refractivity contribution in [1.82, 2.24) is 4.98 Å². The summed E-state index contributed by atoms with van der Waals surface area (Å²) < 4.78 is 46.2. The van der Waals surface area contributed by atoms with Gasteiger partial charge in [-0.1, -0.05) is 130 Å². The van der Waals surface area contributed by atoms with Crippen LogP contribution < -0.4 is 0 Å². The van der Waals surface area contributed by atoms with Crippen LogP contribution in [0.5, 0.6) is 0 Å². The minimum Gasteiger partial charge on any atom is -0.512 e. The molecule has 0 atom stereocenters. The Morgan fingerprint density at radius 1 is 0.818 bits per heavy atom. The summed E-state index contributed by atoms with van der Waals surface area (Å²) in [6, 6.07) is 24.8. The van der Waals surface area contributed by atoms with E-state index in [0.717, 1.165) is 47.6 Å². The average molecular weight is 933 g/mol. The predicted octanol–water partition coefficient (Wildman–Crippen LogP) is 14.2. The second-order valence-corrected chi connectivity index (χ2v) is 16.8. The molecule has 5 aromatic rings. The van der Waals surface area contributed by atoms with Crippen molar-refractivity contribution < 1.29 is 47.6 Å². The minimum absolute atomic E-state index is 0. The van der Waals surface area contributed by atoms with E-state index in [2.05, 4.69) is 50.0 Å². The third-order valence-electron chi connectivity index (χ3n) is 11.5. The molecular formula is C47H57F3IrNO3-. The first-order valence-electron chi connectivity index (χ1n) is 19.1. The number of benzene rings is 3. The van der Waals surface area contributed by atoms with Crippen LogP contribution in [0.1, 0.15) is 113 Å². The van der Waals surface area contributed by atoms with Crippen LogP contribution in [-0.4, -0.2) is 22.1 Å². The number of rotatable bonds is 11. The van der Waals surface area contributed by atoms with E-state index in [1.165, 1.54) is 30.9 Å². The standard InChI is InChI=1S/C32H29F3NO.C15H28O2.Ir/c1-30(2,3)26-17-24(16-22-8-6-7-9-25(22)26)28-29-23(14-15-36-28)18-27(37-29)21-12-10-20(11-13-21)19-31(4,5)32(33,34)35;1-7-14(5,8-2)12(16)11-13(17)15(6,9-3)10-4;/h6-15,17-18H,19H2,1-5H3;11,16H,7-10H2,1-6H3;/q-1;;/b;12-11-;. The van der Waals surface area contributed by atoms with Gasteiger partial charge in [0.05, 0.1) is 5.41 Å². The molecule has 0 fully saturated rings. The maximum atomic E-state index is 13.3. The molecule has 0 amide bonds. The topological polar surface area (TPSA) is 63.3 Å². The van der Waals surface area contributed by atoms with E-state index >= 15 is 0 Å². The molecule has 4 nitrogen and oxygen atoms in total. The van der Waals surface area contributed by atoms with Crippen LogP contribution >= 0.6 is 0 Å². The molecule has 0 aliphatic heterocycles. The molecule has 299 valence electrons. The van der Waals surface area contributed by atoms with Gasteiger partial charge in [-0.2, -0.15) is 13.2 Å².